The average molecular weight is 166 g/mol. The van der Waals surface area contributed by atoms with Crippen molar-refractivity contribution < 1.29 is 13.9 Å². The van der Waals surface area contributed by atoms with Crippen molar-refractivity contribution in [2.75, 3.05) is 6.61 Å². The van der Waals surface area contributed by atoms with E-state index in [1.54, 1.807) is 6.07 Å². The zero-order chi connectivity index (χ0) is 8.55. The summed E-state index contributed by atoms with van der Waals surface area (Å²) in [6.45, 7) is 0.356. The van der Waals surface area contributed by atoms with Gasteiger partial charge in [-0.3, -0.25) is 4.79 Å². The molecule has 1 aromatic rings. The predicted octanol–water partition coefficient (Wildman–Crippen LogP) is 1.79. The first kappa shape index (κ1) is 7.28. The van der Waals surface area contributed by atoms with Gasteiger partial charge in [0.25, 0.3) is 0 Å². The quantitative estimate of drug-likeness (QED) is 0.587. The van der Waals surface area contributed by atoms with Crippen LogP contribution in [0.15, 0.2) is 18.2 Å². The Morgan fingerprint density at radius 2 is 2.25 bits per heavy atom. The maximum atomic E-state index is 13.0. The summed E-state index contributed by atoms with van der Waals surface area (Å²) in [5.74, 6) is -0.294. The molecule has 0 saturated carbocycles. The van der Waals surface area contributed by atoms with Crippen LogP contribution in [0.25, 0.3) is 0 Å². The number of carbonyl (C=O) groups is 1. The number of rotatable bonds is 0. The van der Waals surface area contributed by atoms with E-state index < -0.39 is 5.82 Å². The maximum Gasteiger partial charge on any atom is 0.172 e. The average Bonchev–Trinajstić information content (AvgIpc) is 2.04. The van der Waals surface area contributed by atoms with Crippen LogP contribution in [0.2, 0.25) is 0 Å². The van der Waals surface area contributed by atoms with Crippen LogP contribution in [0.5, 0.6) is 5.75 Å². The number of carbonyl (C=O) groups excluding carboxylic acids is 1. The minimum atomic E-state index is -0.489. The standard InChI is InChI=1S/C9H7FO2/c10-6-2-1-3-8-9(6)7(11)4-5-12-8/h1-3H,4-5H2. The van der Waals surface area contributed by atoms with Crippen LogP contribution in [-0.4, -0.2) is 12.4 Å². The SMILES string of the molecule is O=C1CCOc2cccc(F)c21. The summed E-state index contributed by atoms with van der Waals surface area (Å²) in [7, 11) is 0. The molecule has 3 heteroatoms. The monoisotopic (exact) mass is 166 g/mol. The first-order valence-corrected chi connectivity index (χ1v) is 3.73. The maximum absolute atomic E-state index is 13.0. The van der Waals surface area contributed by atoms with Crippen LogP contribution in [0.4, 0.5) is 4.39 Å². The van der Waals surface area contributed by atoms with Gasteiger partial charge in [0.15, 0.2) is 5.78 Å². The molecule has 1 heterocycles. The second-order valence-corrected chi connectivity index (χ2v) is 2.63. The van der Waals surface area contributed by atoms with E-state index in [0.29, 0.717) is 12.4 Å². The van der Waals surface area contributed by atoms with Crippen LogP contribution in [0.3, 0.4) is 0 Å². The minimum Gasteiger partial charge on any atom is -0.492 e. The van der Waals surface area contributed by atoms with Crippen LogP contribution in [-0.2, 0) is 0 Å². The fourth-order valence-corrected chi connectivity index (χ4v) is 1.27. The lowest BCUT2D eigenvalue weighted by atomic mass is 10.0. The lowest BCUT2D eigenvalue weighted by molar-refractivity contribution is 0.0928. The van der Waals surface area contributed by atoms with Gasteiger partial charge in [-0.25, -0.2) is 4.39 Å². The zero-order valence-corrected chi connectivity index (χ0v) is 6.34. The highest BCUT2D eigenvalue weighted by molar-refractivity contribution is 5.99. The highest BCUT2D eigenvalue weighted by Crippen LogP contribution is 2.26. The second-order valence-electron chi connectivity index (χ2n) is 2.63. The van der Waals surface area contributed by atoms with Gasteiger partial charge in [-0.15, -0.1) is 0 Å². The molecule has 1 aromatic carbocycles. The number of hydrogen-bond acceptors (Lipinski definition) is 2. The molecule has 0 saturated heterocycles. The molecule has 0 unspecified atom stereocenters. The molecule has 0 radical (unpaired) electrons. The number of Topliss-reactive ketones (excluding diaryl/α,β-unsaturated/α-hetero) is 1. The number of ketones is 1. The Labute approximate surface area is 69.0 Å². The number of ether oxygens (including phenoxy) is 1. The van der Waals surface area contributed by atoms with Gasteiger partial charge >= 0.3 is 0 Å². The summed E-state index contributed by atoms with van der Waals surface area (Å²) < 4.78 is 18.1. The molecule has 0 amide bonds. The molecule has 2 nitrogen and oxygen atoms in total. The molecule has 0 bridgehead atoms. The Bertz CT molecular complexity index is 333. The van der Waals surface area contributed by atoms with Gasteiger partial charge in [0.1, 0.15) is 11.6 Å². The van der Waals surface area contributed by atoms with E-state index in [4.69, 9.17) is 4.74 Å². The third kappa shape index (κ3) is 0.978. The van der Waals surface area contributed by atoms with Crippen molar-refractivity contribution in [2.24, 2.45) is 0 Å². The van der Waals surface area contributed by atoms with Crippen molar-refractivity contribution in [1.29, 1.82) is 0 Å². The van der Waals surface area contributed by atoms with Gasteiger partial charge in [-0.1, -0.05) is 6.07 Å². The Morgan fingerprint density at radius 3 is 3.00 bits per heavy atom. The number of fused-ring (bicyclic) bond motifs is 1. The number of benzene rings is 1. The first-order chi connectivity index (χ1) is 5.79. The molecule has 1 aliphatic heterocycles. The Morgan fingerprint density at radius 1 is 1.42 bits per heavy atom. The van der Waals surface area contributed by atoms with E-state index in [1.165, 1.54) is 12.1 Å². The van der Waals surface area contributed by atoms with E-state index in [2.05, 4.69) is 0 Å². The van der Waals surface area contributed by atoms with Crippen LogP contribution in [0, 0.1) is 5.82 Å². The van der Waals surface area contributed by atoms with Crippen molar-refractivity contribution >= 4 is 5.78 Å². The van der Waals surface area contributed by atoms with Crippen molar-refractivity contribution in [3.05, 3.63) is 29.6 Å². The molecule has 2 rings (SSSR count). The van der Waals surface area contributed by atoms with Crippen molar-refractivity contribution in [1.82, 2.24) is 0 Å². The van der Waals surface area contributed by atoms with Crippen LogP contribution >= 0.6 is 0 Å². The first-order valence-electron chi connectivity index (χ1n) is 3.73. The highest BCUT2D eigenvalue weighted by Gasteiger charge is 2.21. The van der Waals surface area contributed by atoms with Gasteiger partial charge < -0.3 is 4.74 Å². The fraction of sp³-hybridized carbons (Fsp3) is 0.222. The van der Waals surface area contributed by atoms with E-state index >= 15 is 0 Å². The third-order valence-electron chi connectivity index (χ3n) is 1.84. The summed E-state index contributed by atoms with van der Waals surface area (Å²) in [6.07, 6.45) is 0.272. The molecule has 1 aliphatic rings. The number of hydrogen-bond donors (Lipinski definition) is 0. The minimum absolute atomic E-state index is 0.101. The van der Waals surface area contributed by atoms with Crippen LogP contribution < -0.4 is 4.74 Å². The summed E-state index contributed by atoms with van der Waals surface area (Å²) in [6, 6.07) is 4.41. The Kier molecular flexibility index (Phi) is 1.57. The van der Waals surface area contributed by atoms with Crippen LogP contribution in [0.1, 0.15) is 16.8 Å². The normalized spacial score (nSPS) is 15.2. The molecule has 0 spiro atoms. The Hall–Kier alpha value is -1.38. The lowest BCUT2D eigenvalue weighted by Gasteiger charge is -2.15. The molecular formula is C9H7FO2. The van der Waals surface area contributed by atoms with Gasteiger partial charge in [0.2, 0.25) is 0 Å². The summed E-state index contributed by atoms with van der Waals surface area (Å²) in [4.78, 5) is 11.2. The summed E-state index contributed by atoms with van der Waals surface area (Å²) in [5.41, 5.74) is 0.101. The van der Waals surface area contributed by atoms with Crippen molar-refractivity contribution in [2.45, 2.75) is 6.42 Å². The molecule has 0 aromatic heterocycles. The third-order valence-corrected chi connectivity index (χ3v) is 1.84. The molecule has 12 heavy (non-hydrogen) atoms. The van der Waals surface area contributed by atoms with Crippen molar-refractivity contribution in [3.8, 4) is 5.75 Å². The zero-order valence-electron chi connectivity index (χ0n) is 6.34. The molecular weight excluding hydrogens is 159 g/mol. The van der Waals surface area contributed by atoms with Gasteiger partial charge in [-0.2, -0.15) is 0 Å². The smallest absolute Gasteiger partial charge is 0.172 e. The largest absolute Gasteiger partial charge is 0.492 e. The highest BCUT2D eigenvalue weighted by atomic mass is 19.1. The van der Waals surface area contributed by atoms with E-state index in [0.717, 1.165) is 0 Å². The van der Waals surface area contributed by atoms with Crippen molar-refractivity contribution in [3.63, 3.8) is 0 Å². The predicted molar refractivity (Wildman–Crippen MR) is 40.8 cm³/mol. The molecule has 0 N–H and O–H groups in total. The van der Waals surface area contributed by atoms with E-state index in [9.17, 15) is 9.18 Å². The molecule has 0 fully saturated rings. The topological polar surface area (TPSA) is 26.3 Å². The fourth-order valence-electron chi connectivity index (χ4n) is 1.27. The summed E-state index contributed by atoms with van der Waals surface area (Å²) in [5, 5.41) is 0. The summed E-state index contributed by atoms with van der Waals surface area (Å²) >= 11 is 0. The Balaban J connectivity index is 2.60. The second kappa shape index (κ2) is 2.59. The van der Waals surface area contributed by atoms with Gasteiger partial charge in [0, 0.05) is 6.42 Å². The molecule has 0 atom stereocenters. The lowest BCUT2D eigenvalue weighted by Crippen LogP contribution is -2.16. The van der Waals surface area contributed by atoms with E-state index in [1.807, 2.05) is 0 Å². The molecule has 0 aliphatic carbocycles. The number of halogens is 1. The van der Waals surface area contributed by atoms with Gasteiger partial charge in [0.05, 0.1) is 12.2 Å². The molecule has 62 valence electrons. The van der Waals surface area contributed by atoms with E-state index in [-0.39, 0.29) is 17.8 Å². The van der Waals surface area contributed by atoms with Gasteiger partial charge in [-0.05, 0) is 12.1 Å².